The second kappa shape index (κ2) is 14.9. The van der Waals surface area contributed by atoms with E-state index in [0.717, 1.165) is 5.75 Å². The topological polar surface area (TPSA) is 85.3 Å². The maximum atomic E-state index is 17.0. The van der Waals surface area contributed by atoms with E-state index in [-0.39, 0.29) is 23.7 Å². The van der Waals surface area contributed by atoms with E-state index in [2.05, 4.69) is 18.8 Å². The molecule has 1 N–H and O–H groups in total. The molecule has 2 aliphatic heterocycles. The summed E-state index contributed by atoms with van der Waals surface area (Å²) >= 11 is 12.6. The highest BCUT2D eigenvalue weighted by Crippen LogP contribution is 2.53. The van der Waals surface area contributed by atoms with Crippen LogP contribution in [0, 0.1) is 17.7 Å². The van der Waals surface area contributed by atoms with E-state index in [9.17, 15) is 9.90 Å². The summed E-state index contributed by atoms with van der Waals surface area (Å²) in [5, 5.41) is 13.0. The van der Waals surface area contributed by atoms with Crippen LogP contribution in [0.15, 0.2) is 60.7 Å². The van der Waals surface area contributed by atoms with Crippen molar-refractivity contribution < 1.29 is 33.3 Å². The molecule has 49 heavy (non-hydrogen) atoms. The van der Waals surface area contributed by atoms with E-state index in [1.165, 1.54) is 18.1 Å². The lowest BCUT2D eigenvalue weighted by molar-refractivity contribution is -0.155. The maximum absolute atomic E-state index is 17.0. The number of halogens is 3. The van der Waals surface area contributed by atoms with Gasteiger partial charge in [0.15, 0.2) is 5.72 Å². The highest BCUT2D eigenvalue weighted by molar-refractivity contribution is 8.32. The molecule has 0 aromatic heterocycles. The molecule has 3 aromatic rings. The molecule has 0 aliphatic carbocycles. The summed E-state index contributed by atoms with van der Waals surface area (Å²) in [6.45, 7) is 4.77. The Balaban J connectivity index is 1.73. The predicted molar refractivity (Wildman–Crippen MR) is 194 cm³/mol. The molecule has 7 nitrogen and oxygen atoms in total. The molecule has 1 saturated heterocycles. The normalized spacial score (nSPS) is 21.2. The largest absolute Gasteiger partial charge is 0.465 e. The minimum atomic E-state index is -1.82. The molecule has 2 heterocycles. The molecule has 11 heteroatoms. The standard InChI is InChI=1S/C38H46Cl2FNO6S/c1-7-37(45,26-16-18-47-19-17-26)28-22-31-33(32(41)23-28)38(46-3,27-10-14-30(40)15-11-27)42(35(31)43)34(25-8-12-29(39)13-9-25)24(2)36(44)48-20-21-49(4,5)6/h8-15,22-24,26,34,45H,7,16-21H2,1-6H3/t24-,34-,37-,38+/m0/s1. The molecule has 1 fully saturated rings. The Morgan fingerprint density at radius 2 is 1.67 bits per heavy atom. The Hall–Kier alpha value is -2.66. The molecule has 4 atom stereocenters. The quantitative estimate of drug-likeness (QED) is 0.190. The van der Waals surface area contributed by atoms with Crippen molar-refractivity contribution in [2.45, 2.75) is 50.5 Å². The number of ether oxygens (including phenoxy) is 3. The van der Waals surface area contributed by atoms with Gasteiger partial charge in [0.05, 0.1) is 35.3 Å². The highest BCUT2D eigenvalue weighted by atomic mass is 35.5. The molecule has 1 amide bonds. The van der Waals surface area contributed by atoms with Crippen LogP contribution in [0.4, 0.5) is 4.39 Å². The first kappa shape index (κ1) is 37.6. The van der Waals surface area contributed by atoms with Crippen molar-refractivity contribution in [3.63, 3.8) is 0 Å². The Morgan fingerprint density at radius 3 is 2.22 bits per heavy atom. The Kier molecular flexibility index (Phi) is 11.4. The van der Waals surface area contributed by atoms with Crippen LogP contribution in [-0.2, 0) is 30.3 Å². The van der Waals surface area contributed by atoms with E-state index in [0.29, 0.717) is 59.2 Å². The summed E-state index contributed by atoms with van der Waals surface area (Å²) in [6, 6.07) is 15.5. The lowest BCUT2D eigenvalue weighted by Gasteiger charge is -2.44. The number of fused-ring (bicyclic) bond motifs is 1. The molecule has 0 bridgehead atoms. The molecule has 266 valence electrons. The van der Waals surface area contributed by atoms with Gasteiger partial charge in [-0.3, -0.25) is 14.5 Å². The summed E-state index contributed by atoms with van der Waals surface area (Å²) in [5.74, 6) is -2.15. The van der Waals surface area contributed by atoms with Crippen LogP contribution in [0.25, 0.3) is 0 Å². The minimum absolute atomic E-state index is 0.00707. The lowest BCUT2D eigenvalue weighted by Crippen LogP contribution is -2.51. The van der Waals surface area contributed by atoms with Gasteiger partial charge in [0, 0.05) is 41.7 Å². The summed E-state index contributed by atoms with van der Waals surface area (Å²) in [7, 11) is 0.479. The number of carbonyl (C=O) groups excluding carboxylic acids is 2. The number of hydrogen-bond acceptors (Lipinski definition) is 6. The number of hydrogen-bond donors (Lipinski definition) is 1. The van der Waals surface area contributed by atoms with Gasteiger partial charge in [0.2, 0.25) is 0 Å². The smallest absolute Gasteiger partial charge is 0.311 e. The van der Waals surface area contributed by atoms with Gasteiger partial charge in [-0.15, -0.1) is 0 Å². The fourth-order valence-electron chi connectivity index (χ4n) is 7.24. The zero-order valence-corrected chi connectivity index (χ0v) is 31.3. The molecular weight excluding hydrogens is 688 g/mol. The Labute approximate surface area is 300 Å². The van der Waals surface area contributed by atoms with Gasteiger partial charge in [-0.25, -0.2) is 14.4 Å². The Bertz CT molecular complexity index is 1660. The first-order valence-electron chi connectivity index (χ1n) is 16.6. The highest BCUT2D eigenvalue weighted by Gasteiger charge is 2.58. The first-order chi connectivity index (χ1) is 23.2. The summed E-state index contributed by atoms with van der Waals surface area (Å²) in [6.07, 6.45) is 7.95. The van der Waals surface area contributed by atoms with Crippen LogP contribution in [0.1, 0.15) is 71.8 Å². The van der Waals surface area contributed by atoms with Crippen molar-refractivity contribution in [1.82, 2.24) is 4.90 Å². The van der Waals surface area contributed by atoms with E-state index in [1.54, 1.807) is 61.5 Å². The summed E-state index contributed by atoms with van der Waals surface area (Å²) in [5.41, 5.74) is -1.85. The summed E-state index contributed by atoms with van der Waals surface area (Å²) in [4.78, 5) is 30.3. The van der Waals surface area contributed by atoms with E-state index < -0.39 is 51.0 Å². The van der Waals surface area contributed by atoms with Crippen LogP contribution in [-0.4, -0.2) is 73.3 Å². The van der Waals surface area contributed by atoms with Crippen molar-refractivity contribution in [2.75, 3.05) is 51.5 Å². The number of carbonyl (C=O) groups is 2. The van der Waals surface area contributed by atoms with Gasteiger partial charge in [-0.1, -0.05) is 54.4 Å². The molecule has 3 aromatic carbocycles. The number of benzene rings is 3. The van der Waals surface area contributed by atoms with Gasteiger partial charge in [-0.2, -0.15) is 0 Å². The average Bonchev–Trinajstić information content (AvgIpc) is 3.33. The lowest BCUT2D eigenvalue weighted by atomic mass is 9.74. The van der Waals surface area contributed by atoms with Crippen molar-refractivity contribution in [1.29, 1.82) is 0 Å². The second-order valence-corrected chi connectivity index (χ2v) is 19.3. The number of amides is 1. The Morgan fingerprint density at radius 1 is 1.08 bits per heavy atom. The number of nitrogens with zero attached hydrogens (tertiary/aromatic N) is 1. The number of rotatable bonds is 12. The second-order valence-electron chi connectivity index (χ2n) is 13.8. The van der Waals surface area contributed by atoms with Crippen molar-refractivity contribution >= 4 is 45.1 Å². The number of esters is 1. The van der Waals surface area contributed by atoms with E-state index in [4.69, 9.17) is 37.4 Å². The maximum Gasteiger partial charge on any atom is 0.311 e. The van der Waals surface area contributed by atoms with Crippen molar-refractivity contribution in [3.8, 4) is 0 Å². The zero-order chi connectivity index (χ0) is 35.7. The fraction of sp³-hybridized carbons (Fsp3) is 0.474. The molecule has 0 radical (unpaired) electrons. The van der Waals surface area contributed by atoms with Gasteiger partial charge in [-0.05, 0) is 98.4 Å². The predicted octanol–water partition coefficient (Wildman–Crippen LogP) is 8.07. The molecular formula is C38H46Cl2FNO6S. The molecule has 0 saturated carbocycles. The van der Waals surface area contributed by atoms with Crippen LogP contribution < -0.4 is 0 Å². The SMILES string of the molecule is CC[C@@](O)(c1cc(F)c2c(c1)C(=O)N([C@H](c1ccc(Cl)cc1)[C@H](C)C(=O)OCCS(C)(C)C)[C@@]2(OC)c1ccc(Cl)cc1)C1CCOCC1. The monoisotopic (exact) mass is 733 g/mol. The third-order valence-electron chi connectivity index (χ3n) is 9.96. The number of aliphatic hydroxyl groups is 1. The summed E-state index contributed by atoms with van der Waals surface area (Å²) < 4.78 is 34.7. The van der Waals surface area contributed by atoms with Crippen molar-refractivity contribution in [3.05, 3.63) is 104 Å². The fourth-order valence-corrected chi connectivity index (χ4v) is 8.08. The zero-order valence-electron chi connectivity index (χ0n) is 28.9. The van der Waals surface area contributed by atoms with E-state index >= 15 is 9.18 Å². The first-order valence-corrected chi connectivity index (χ1v) is 20.3. The molecule has 2 aliphatic rings. The molecule has 5 rings (SSSR count). The van der Waals surface area contributed by atoms with Crippen LogP contribution in [0.2, 0.25) is 10.0 Å². The van der Waals surface area contributed by atoms with Crippen LogP contribution in [0.3, 0.4) is 0 Å². The average molecular weight is 735 g/mol. The third-order valence-corrected chi connectivity index (χ3v) is 11.9. The molecule has 0 unspecified atom stereocenters. The molecule has 0 spiro atoms. The van der Waals surface area contributed by atoms with Crippen molar-refractivity contribution in [2.24, 2.45) is 11.8 Å². The number of methoxy groups -OCH3 is 1. The van der Waals surface area contributed by atoms with E-state index in [1.807, 2.05) is 6.92 Å². The van der Waals surface area contributed by atoms with Gasteiger partial charge in [0.1, 0.15) is 5.82 Å². The van der Waals surface area contributed by atoms with Crippen LogP contribution in [0.5, 0.6) is 0 Å². The third kappa shape index (κ3) is 7.26. The van der Waals surface area contributed by atoms with Gasteiger partial charge in [0.25, 0.3) is 5.91 Å². The van der Waals surface area contributed by atoms with Gasteiger partial charge >= 0.3 is 5.97 Å². The van der Waals surface area contributed by atoms with Crippen LogP contribution >= 0.6 is 33.2 Å². The minimum Gasteiger partial charge on any atom is -0.465 e. The van der Waals surface area contributed by atoms with Gasteiger partial charge < -0.3 is 19.3 Å².